The predicted molar refractivity (Wildman–Crippen MR) is 73.9 cm³/mol. The zero-order valence-corrected chi connectivity index (χ0v) is 11.0. The third-order valence-electron chi connectivity index (χ3n) is 2.66. The van der Waals surface area contributed by atoms with E-state index in [9.17, 15) is 4.79 Å². The van der Waals surface area contributed by atoms with Crippen molar-refractivity contribution in [3.63, 3.8) is 0 Å². The normalized spacial score (nSPS) is 10.0. The molecule has 2 N–H and O–H groups in total. The van der Waals surface area contributed by atoms with Gasteiger partial charge in [0.2, 0.25) is 0 Å². The summed E-state index contributed by atoms with van der Waals surface area (Å²) in [6.45, 7) is 2.45. The first-order valence-corrected chi connectivity index (χ1v) is 6.03. The Morgan fingerprint density at radius 3 is 2.89 bits per heavy atom. The molecule has 0 unspecified atom stereocenters. The largest absolute Gasteiger partial charge is 0.379 e. The van der Waals surface area contributed by atoms with Crippen LogP contribution >= 0.6 is 0 Å². The fraction of sp³-hybridized carbons (Fsp3) is 0.214. The number of anilines is 1. The number of carbonyl (C=O) groups is 1. The van der Waals surface area contributed by atoms with Crippen LogP contribution in [0.1, 0.15) is 21.9 Å². The summed E-state index contributed by atoms with van der Waals surface area (Å²) in [5.41, 5.74) is 2.43. The second-order valence-corrected chi connectivity index (χ2v) is 4.11. The first-order chi connectivity index (χ1) is 9.19. The third kappa shape index (κ3) is 3.51. The van der Waals surface area contributed by atoms with Gasteiger partial charge >= 0.3 is 0 Å². The second-order valence-electron chi connectivity index (χ2n) is 4.11. The molecule has 1 heterocycles. The van der Waals surface area contributed by atoms with Gasteiger partial charge in [0.25, 0.3) is 5.91 Å². The van der Waals surface area contributed by atoms with Crippen LogP contribution in [0.25, 0.3) is 0 Å². The molecule has 0 aliphatic rings. The van der Waals surface area contributed by atoms with Crippen LogP contribution in [0, 0.1) is 6.92 Å². The molecule has 1 aromatic heterocycles. The number of aryl methyl sites for hydroxylation is 1. The molecule has 5 nitrogen and oxygen atoms in total. The zero-order valence-electron chi connectivity index (χ0n) is 11.0. The highest BCUT2D eigenvalue weighted by atomic mass is 16.1. The van der Waals surface area contributed by atoms with Crippen molar-refractivity contribution in [2.24, 2.45) is 0 Å². The van der Waals surface area contributed by atoms with Gasteiger partial charge in [0.15, 0.2) is 0 Å². The molecule has 0 aliphatic carbocycles. The summed E-state index contributed by atoms with van der Waals surface area (Å²) in [5, 5.41) is 5.84. The first-order valence-electron chi connectivity index (χ1n) is 6.03. The van der Waals surface area contributed by atoms with Crippen LogP contribution in [0.2, 0.25) is 0 Å². The van der Waals surface area contributed by atoms with E-state index in [1.165, 1.54) is 0 Å². The van der Waals surface area contributed by atoms with Crippen molar-refractivity contribution < 1.29 is 4.79 Å². The van der Waals surface area contributed by atoms with Crippen molar-refractivity contribution in [1.29, 1.82) is 0 Å². The summed E-state index contributed by atoms with van der Waals surface area (Å²) in [7, 11) is 1.62. The van der Waals surface area contributed by atoms with E-state index in [2.05, 4.69) is 20.6 Å². The van der Waals surface area contributed by atoms with Gasteiger partial charge < -0.3 is 10.6 Å². The second kappa shape index (κ2) is 5.95. The number of amides is 1. The van der Waals surface area contributed by atoms with Crippen LogP contribution in [0.5, 0.6) is 0 Å². The van der Waals surface area contributed by atoms with Crippen molar-refractivity contribution in [2.75, 3.05) is 12.4 Å². The minimum Gasteiger partial charge on any atom is -0.379 e. The number of hydrogen-bond donors (Lipinski definition) is 2. The fourth-order valence-electron chi connectivity index (χ4n) is 1.71. The van der Waals surface area contributed by atoms with Gasteiger partial charge in [-0.1, -0.05) is 6.07 Å². The molecule has 1 aromatic carbocycles. The summed E-state index contributed by atoms with van der Waals surface area (Å²) in [5.74, 6) is 0.653. The number of carbonyl (C=O) groups excluding carboxylic acids is 1. The van der Waals surface area contributed by atoms with Gasteiger partial charge in [0.1, 0.15) is 5.82 Å². The topological polar surface area (TPSA) is 66.9 Å². The van der Waals surface area contributed by atoms with Crippen molar-refractivity contribution in [3.05, 3.63) is 53.6 Å². The Balaban J connectivity index is 2.05. The number of aromatic nitrogens is 2. The Bertz CT molecular complexity index is 583. The molecule has 5 heteroatoms. The quantitative estimate of drug-likeness (QED) is 0.874. The molecule has 0 radical (unpaired) electrons. The van der Waals surface area contributed by atoms with Crippen molar-refractivity contribution in [2.45, 2.75) is 13.5 Å². The van der Waals surface area contributed by atoms with Gasteiger partial charge in [-0.05, 0) is 31.2 Å². The fourth-order valence-corrected chi connectivity index (χ4v) is 1.71. The predicted octanol–water partition coefficient (Wildman–Crippen LogP) is 1.76. The Hall–Kier alpha value is -2.43. The molecule has 0 saturated heterocycles. The molecule has 0 atom stereocenters. The number of rotatable bonds is 4. The van der Waals surface area contributed by atoms with E-state index in [-0.39, 0.29) is 5.91 Å². The molecule has 2 rings (SSSR count). The highest BCUT2D eigenvalue weighted by Gasteiger charge is 2.03. The Morgan fingerprint density at radius 2 is 2.16 bits per heavy atom. The van der Waals surface area contributed by atoms with Gasteiger partial charge in [0.05, 0.1) is 12.2 Å². The number of hydrogen-bond acceptors (Lipinski definition) is 4. The van der Waals surface area contributed by atoms with E-state index in [1.807, 2.05) is 31.2 Å². The third-order valence-corrected chi connectivity index (χ3v) is 2.66. The van der Waals surface area contributed by atoms with Crippen LogP contribution in [0.4, 0.5) is 5.69 Å². The lowest BCUT2D eigenvalue weighted by Crippen LogP contribution is -2.17. The summed E-state index contributed by atoms with van der Waals surface area (Å²) >= 11 is 0. The monoisotopic (exact) mass is 256 g/mol. The summed E-state index contributed by atoms with van der Waals surface area (Å²) in [4.78, 5) is 19.9. The van der Waals surface area contributed by atoms with Gasteiger partial charge in [-0.3, -0.25) is 4.79 Å². The lowest BCUT2D eigenvalue weighted by Gasteiger charge is -2.08. The van der Waals surface area contributed by atoms with Crippen LogP contribution in [0.3, 0.4) is 0 Å². The SMILES string of the molecule is CNC(=O)c1cccc(NCc2ccnc(C)n2)c1. The maximum atomic E-state index is 11.5. The van der Waals surface area contributed by atoms with Crippen LogP contribution < -0.4 is 10.6 Å². The number of nitrogens with one attached hydrogen (secondary N) is 2. The highest BCUT2D eigenvalue weighted by molar-refractivity contribution is 5.94. The van der Waals surface area contributed by atoms with Crippen molar-refractivity contribution in [3.8, 4) is 0 Å². The molecule has 0 bridgehead atoms. The van der Waals surface area contributed by atoms with E-state index in [4.69, 9.17) is 0 Å². The smallest absolute Gasteiger partial charge is 0.251 e. The van der Waals surface area contributed by atoms with Gasteiger partial charge in [-0.15, -0.1) is 0 Å². The summed E-state index contributed by atoms with van der Waals surface area (Å²) in [6.07, 6.45) is 1.74. The van der Waals surface area contributed by atoms with E-state index >= 15 is 0 Å². The van der Waals surface area contributed by atoms with Crippen molar-refractivity contribution in [1.82, 2.24) is 15.3 Å². The van der Waals surface area contributed by atoms with E-state index in [0.717, 1.165) is 17.2 Å². The average molecular weight is 256 g/mol. The number of nitrogens with zero attached hydrogens (tertiary/aromatic N) is 2. The Labute approximate surface area is 112 Å². The van der Waals surface area contributed by atoms with Crippen LogP contribution in [-0.4, -0.2) is 22.9 Å². The first kappa shape index (κ1) is 13.0. The molecule has 0 spiro atoms. The van der Waals surface area contributed by atoms with E-state index < -0.39 is 0 Å². The molecule has 1 amide bonds. The van der Waals surface area contributed by atoms with Crippen molar-refractivity contribution >= 4 is 11.6 Å². The molecular weight excluding hydrogens is 240 g/mol. The van der Waals surface area contributed by atoms with Gasteiger partial charge in [0, 0.05) is 24.5 Å². The molecule has 2 aromatic rings. The molecule has 98 valence electrons. The summed E-state index contributed by atoms with van der Waals surface area (Å²) < 4.78 is 0. The average Bonchev–Trinajstić information content (AvgIpc) is 2.45. The maximum Gasteiger partial charge on any atom is 0.251 e. The Kier molecular flexibility index (Phi) is 4.07. The van der Waals surface area contributed by atoms with Crippen LogP contribution in [-0.2, 0) is 6.54 Å². The maximum absolute atomic E-state index is 11.5. The Morgan fingerprint density at radius 1 is 1.32 bits per heavy atom. The number of benzene rings is 1. The summed E-state index contributed by atoms with van der Waals surface area (Å²) in [6, 6.07) is 9.22. The zero-order chi connectivity index (χ0) is 13.7. The molecule has 0 aliphatic heterocycles. The van der Waals surface area contributed by atoms with E-state index in [0.29, 0.717) is 12.1 Å². The van der Waals surface area contributed by atoms with Gasteiger partial charge in [-0.2, -0.15) is 0 Å². The van der Waals surface area contributed by atoms with Gasteiger partial charge in [-0.25, -0.2) is 9.97 Å². The molecule has 0 saturated carbocycles. The molecule has 19 heavy (non-hydrogen) atoms. The lowest BCUT2D eigenvalue weighted by molar-refractivity contribution is 0.0963. The molecular formula is C14H16N4O. The minimum absolute atomic E-state index is 0.0958. The minimum atomic E-state index is -0.0958. The molecule has 0 fully saturated rings. The lowest BCUT2D eigenvalue weighted by atomic mass is 10.2. The standard InChI is InChI=1S/C14H16N4O/c1-10-16-7-6-13(18-10)9-17-12-5-3-4-11(8-12)14(19)15-2/h3-8,17H,9H2,1-2H3,(H,15,19). The highest BCUT2D eigenvalue weighted by Crippen LogP contribution is 2.11. The van der Waals surface area contributed by atoms with E-state index in [1.54, 1.807) is 19.3 Å². The van der Waals surface area contributed by atoms with Crippen LogP contribution in [0.15, 0.2) is 36.5 Å².